The summed E-state index contributed by atoms with van der Waals surface area (Å²) in [6.45, 7) is 21.8. The van der Waals surface area contributed by atoms with Gasteiger partial charge in [0.2, 0.25) is 30.4 Å². The molecule has 58 heavy (non-hydrogen) atoms. The first-order chi connectivity index (χ1) is 28.1. The maximum atomic E-state index is 13.6. The normalized spacial score (nSPS) is 18.7. The van der Waals surface area contributed by atoms with Gasteiger partial charge in [0.25, 0.3) is 5.91 Å². The lowest BCUT2D eigenvalue weighted by atomic mass is 9.85. The van der Waals surface area contributed by atoms with Crippen LogP contribution in [0.5, 0.6) is 0 Å². The minimum atomic E-state index is -0.930. The summed E-state index contributed by atoms with van der Waals surface area (Å²) in [5, 5.41) is 12.6. The summed E-state index contributed by atoms with van der Waals surface area (Å²) in [5.74, 6) is -1.22. The fourth-order valence-electron chi connectivity index (χ4n) is 7.47. The molecule has 0 spiro atoms. The number of fused-ring (bicyclic) bond motifs is 1. The van der Waals surface area contributed by atoms with E-state index in [1.54, 1.807) is 11.8 Å². The fraction of sp³-hybridized carbons (Fsp3) is 0.609. The topological polar surface area (TPSA) is 154 Å². The number of rotatable bonds is 17. The molecule has 4 atom stereocenters. The van der Waals surface area contributed by atoms with Crippen LogP contribution < -0.4 is 21.3 Å². The van der Waals surface area contributed by atoms with Crippen molar-refractivity contribution >= 4 is 48.1 Å². The number of hydrogen-bond acceptors (Lipinski definition) is 7. The average molecular weight is 824 g/mol. The Kier molecular flexibility index (Phi) is 26.8. The molecular weight excluding hydrogens is 751 g/mol. The van der Waals surface area contributed by atoms with Crippen LogP contribution in [-0.4, -0.2) is 78.5 Å². The Balaban J connectivity index is 0.000000626. The zero-order chi connectivity index (χ0) is 43.5. The van der Waals surface area contributed by atoms with E-state index < -0.39 is 35.7 Å². The van der Waals surface area contributed by atoms with Gasteiger partial charge in [-0.2, -0.15) is 0 Å². The van der Waals surface area contributed by atoms with Gasteiger partial charge in [-0.05, 0) is 105 Å². The number of benzene rings is 1. The SMILES string of the molecule is C=CCNC(=O)C(=O)C(CC1CC1)NC(=O)C1CCCN1C(=O)[C@@H](NC=O)C1Cc2ccccc2C1.C=CS/C(C)=C\C.CC.CC.CC(NC=O)C1CCCCC1. The maximum absolute atomic E-state index is 13.6. The molecular formula is C46H73N5O6S. The van der Waals surface area contributed by atoms with Crippen molar-refractivity contribution in [1.29, 1.82) is 0 Å². The summed E-state index contributed by atoms with van der Waals surface area (Å²) in [7, 11) is 0. The number of nitrogens with zero attached hydrogens (tertiary/aromatic N) is 1. The van der Waals surface area contributed by atoms with Crippen molar-refractivity contribution in [3.63, 3.8) is 0 Å². The van der Waals surface area contributed by atoms with Gasteiger partial charge in [-0.1, -0.05) is 103 Å². The maximum Gasteiger partial charge on any atom is 0.289 e. The zero-order valence-electron chi connectivity index (χ0n) is 36.4. The number of likely N-dealkylation sites (tertiary alicyclic amines) is 1. The second-order valence-electron chi connectivity index (χ2n) is 14.6. The third-order valence-electron chi connectivity index (χ3n) is 10.8. The number of thioether (sulfide) groups is 1. The van der Waals surface area contributed by atoms with Gasteiger partial charge in [0.05, 0.1) is 6.04 Å². The monoisotopic (exact) mass is 824 g/mol. The molecule has 324 valence electrons. The Morgan fingerprint density at radius 2 is 1.47 bits per heavy atom. The summed E-state index contributed by atoms with van der Waals surface area (Å²) >= 11 is 1.66. The zero-order valence-corrected chi connectivity index (χ0v) is 37.2. The predicted molar refractivity (Wildman–Crippen MR) is 238 cm³/mol. The van der Waals surface area contributed by atoms with Crippen molar-refractivity contribution in [3.8, 4) is 0 Å². The van der Waals surface area contributed by atoms with Crippen LogP contribution >= 0.6 is 11.8 Å². The smallest absolute Gasteiger partial charge is 0.289 e. The summed E-state index contributed by atoms with van der Waals surface area (Å²) in [5.41, 5.74) is 2.33. The fourth-order valence-corrected chi connectivity index (χ4v) is 7.87. The average Bonchev–Trinajstić information content (AvgIpc) is 3.74. The molecule has 0 bridgehead atoms. The number of carbonyl (C=O) groups is 6. The molecule has 5 rings (SSSR count). The van der Waals surface area contributed by atoms with E-state index in [0.29, 0.717) is 57.0 Å². The van der Waals surface area contributed by atoms with Crippen molar-refractivity contribution < 1.29 is 28.8 Å². The van der Waals surface area contributed by atoms with Crippen LogP contribution in [0, 0.1) is 17.8 Å². The van der Waals surface area contributed by atoms with Crippen molar-refractivity contribution in [2.75, 3.05) is 13.1 Å². The van der Waals surface area contributed by atoms with Gasteiger partial charge in [0.1, 0.15) is 12.1 Å². The van der Waals surface area contributed by atoms with Crippen LogP contribution in [0.15, 0.2) is 59.9 Å². The molecule has 1 saturated heterocycles. The highest BCUT2D eigenvalue weighted by molar-refractivity contribution is 8.05. The third-order valence-corrected chi connectivity index (χ3v) is 11.6. The second-order valence-corrected chi connectivity index (χ2v) is 15.9. The van der Waals surface area contributed by atoms with Crippen LogP contribution in [0.3, 0.4) is 0 Å². The molecule has 1 aromatic carbocycles. The Morgan fingerprint density at radius 3 is 1.97 bits per heavy atom. The molecule has 3 unspecified atom stereocenters. The molecule has 1 heterocycles. The Morgan fingerprint density at radius 1 is 0.862 bits per heavy atom. The molecule has 3 aliphatic carbocycles. The van der Waals surface area contributed by atoms with Gasteiger partial charge in [0, 0.05) is 19.1 Å². The van der Waals surface area contributed by atoms with E-state index in [2.05, 4.69) is 54.3 Å². The molecule has 11 nitrogen and oxygen atoms in total. The minimum Gasteiger partial charge on any atom is -0.356 e. The minimum absolute atomic E-state index is 0.0952. The van der Waals surface area contributed by atoms with E-state index in [0.717, 1.165) is 25.2 Å². The lowest BCUT2D eigenvalue weighted by Gasteiger charge is -2.31. The Labute approximate surface area is 353 Å². The van der Waals surface area contributed by atoms with Crippen LogP contribution in [-0.2, 0) is 41.6 Å². The van der Waals surface area contributed by atoms with E-state index in [1.807, 2.05) is 64.3 Å². The van der Waals surface area contributed by atoms with Crippen LogP contribution in [0.4, 0.5) is 0 Å². The van der Waals surface area contributed by atoms with Gasteiger partial charge < -0.3 is 26.2 Å². The first kappa shape index (κ1) is 51.8. The molecule has 12 heteroatoms. The van der Waals surface area contributed by atoms with Gasteiger partial charge in [-0.15, -0.1) is 18.3 Å². The van der Waals surface area contributed by atoms with Crippen LogP contribution in [0.1, 0.15) is 124 Å². The number of amides is 5. The molecule has 3 fully saturated rings. The summed E-state index contributed by atoms with van der Waals surface area (Å²) in [6.07, 6.45) is 16.3. The third kappa shape index (κ3) is 17.7. The Bertz CT molecular complexity index is 1450. The first-order valence-electron chi connectivity index (χ1n) is 21.5. The van der Waals surface area contributed by atoms with E-state index in [-0.39, 0.29) is 18.4 Å². The van der Waals surface area contributed by atoms with Gasteiger partial charge in [-0.25, -0.2) is 0 Å². The molecule has 1 aliphatic heterocycles. The highest BCUT2D eigenvalue weighted by Gasteiger charge is 2.42. The molecule has 5 amide bonds. The van der Waals surface area contributed by atoms with E-state index in [9.17, 15) is 28.8 Å². The molecule has 1 aromatic rings. The summed E-state index contributed by atoms with van der Waals surface area (Å²) < 4.78 is 0. The molecule has 0 radical (unpaired) electrons. The predicted octanol–water partition coefficient (Wildman–Crippen LogP) is 7.20. The number of ketones is 1. The highest BCUT2D eigenvalue weighted by Crippen LogP contribution is 2.34. The molecule has 4 N–H and O–H groups in total. The highest BCUT2D eigenvalue weighted by atomic mass is 32.2. The van der Waals surface area contributed by atoms with Gasteiger partial charge >= 0.3 is 0 Å². The summed E-state index contributed by atoms with van der Waals surface area (Å²) in [4.78, 5) is 76.3. The molecule has 4 aliphatic rings. The van der Waals surface area contributed by atoms with E-state index >= 15 is 0 Å². The number of nitrogens with one attached hydrogen (secondary N) is 4. The van der Waals surface area contributed by atoms with Gasteiger partial charge in [0.15, 0.2) is 0 Å². The van der Waals surface area contributed by atoms with Crippen molar-refractivity contribution in [2.45, 2.75) is 150 Å². The largest absolute Gasteiger partial charge is 0.356 e. The first-order valence-corrected chi connectivity index (χ1v) is 22.4. The number of allylic oxidation sites excluding steroid dienone is 2. The van der Waals surface area contributed by atoms with Crippen molar-refractivity contribution in [3.05, 3.63) is 71.0 Å². The Hall–Kier alpha value is -4.19. The van der Waals surface area contributed by atoms with Crippen LogP contribution in [0.25, 0.3) is 0 Å². The molecule has 0 aromatic heterocycles. The number of Topliss-reactive ketones (excluding diaryl/α,β-unsaturated/α-hetero) is 1. The lowest BCUT2D eigenvalue weighted by Crippen LogP contribution is -2.57. The van der Waals surface area contributed by atoms with Gasteiger partial charge in [-0.3, -0.25) is 28.8 Å². The number of carbonyl (C=O) groups excluding carboxylic acids is 6. The molecule has 2 saturated carbocycles. The quantitative estimate of drug-likeness (QED) is 0.0737. The standard InChI is InChI=1S/C27H34N4O5.C9H17NO.C6H10S.2C2H6/c1-2-11-28-26(35)24(33)21(13-17-9-10-17)30-25(34)22-8-5-12-31(22)27(36)23(29-16-32)20-14-18-6-3-4-7-19(18)15-20;1-8(10-7-11)9-5-3-2-4-6-9;1-4-6(3)7-5-2;2*1-2/h2-4,6-7,16-17,20-23H,1,5,8-15H2,(H,28,35)(H,29,32)(H,30,34);7-9H,2-6H2,1H3,(H,10,11);4-5H,2H2,1,3H3;2*1-2H3/b;;6-4-;;/t21?,22?,23-;;;;/m0..../s1. The summed E-state index contributed by atoms with van der Waals surface area (Å²) in [6, 6.07) is 5.96. The van der Waals surface area contributed by atoms with Crippen molar-refractivity contribution in [2.24, 2.45) is 17.8 Å². The van der Waals surface area contributed by atoms with E-state index in [4.69, 9.17) is 0 Å². The lowest BCUT2D eigenvalue weighted by molar-refractivity contribution is -0.143. The second kappa shape index (κ2) is 29.9. The number of hydrogen-bond donors (Lipinski definition) is 4. The van der Waals surface area contributed by atoms with E-state index in [1.165, 1.54) is 59.1 Å². The van der Waals surface area contributed by atoms with Crippen molar-refractivity contribution in [1.82, 2.24) is 26.2 Å². The van der Waals surface area contributed by atoms with Crippen LogP contribution in [0.2, 0.25) is 0 Å².